The van der Waals surface area contributed by atoms with Gasteiger partial charge in [0.15, 0.2) is 0 Å². The van der Waals surface area contributed by atoms with Crippen LogP contribution in [-0.4, -0.2) is 51.6 Å². The molecule has 9 heteroatoms. The number of nitrogens with zero attached hydrogens (tertiary/aromatic N) is 4. The highest BCUT2D eigenvalue weighted by atomic mass is 16.5. The average molecular weight is 300 g/mol. The summed E-state index contributed by atoms with van der Waals surface area (Å²) in [4.78, 5) is 11.3. The SMILES string of the molecule is CO.N/C=C\CC[CH+]OCCC(=O)OCCn1cnnn1. The number of rotatable bonds is 10. The van der Waals surface area contributed by atoms with Crippen molar-refractivity contribution >= 4 is 5.97 Å². The number of hydrogen-bond acceptors (Lipinski definition) is 8. The topological polar surface area (TPSA) is 125 Å². The molecule has 1 aromatic heterocycles. The molecule has 0 aliphatic rings. The van der Waals surface area contributed by atoms with Gasteiger partial charge in [-0.25, -0.2) is 4.68 Å². The lowest BCUT2D eigenvalue weighted by Crippen LogP contribution is -2.13. The quantitative estimate of drug-likeness (QED) is 0.341. The standard InChI is InChI=1S/C11H18N5O3.CH4O/c12-5-2-1-3-7-18-8-4-11(17)19-9-6-16-10-13-14-15-16;1-2/h2,5,7,10H,1,3-4,6,8-9,12H2;2H,1H3/q+1;/b5-2-;. The third kappa shape index (κ3) is 11.4. The van der Waals surface area contributed by atoms with Crippen molar-refractivity contribution in [3.63, 3.8) is 0 Å². The molecule has 0 fully saturated rings. The third-order valence-electron chi connectivity index (χ3n) is 2.10. The second-order valence-electron chi connectivity index (χ2n) is 3.59. The van der Waals surface area contributed by atoms with Crippen molar-refractivity contribution in [1.82, 2.24) is 20.2 Å². The minimum absolute atomic E-state index is 0.221. The highest BCUT2D eigenvalue weighted by molar-refractivity contribution is 5.69. The van der Waals surface area contributed by atoms with Gasteiger partial charge in [0.2, 0.25) is 6.61 Å². The van der Waals surface area contributed by atoms with Crippen LogP contribution in [0.1, 0.15) is 19.3 Å². The van der Waals surface area contributed by atoms with E-state index in [0.29, 0.717) is 13.2 Å². The van der Waals surface area contributed by atoms with E-state index in [1.165, 1.54) is 17.2 Å². The number of aliphatic hydroxyl groups excluding tert-OH is 1. The van der Waals surface area contributed by atoms with Crippen molar-refractivity contribution < 1.29 is 19.4 Å². The van der Waals surface area contributed by atoms with Gasteiger partial charge >= 0.3 is 5.97 Å². The predicted molar refractivity (Wildman–Crippen MR) is 74.3 cm³/mol. The molecule has 3 N–H and O–H groups in total. The van der Waals surface area contributed by atoms with Gasteiger partial charge in [-0.1, -0.05) is 6.08 Å². The zero-order valence-electron chi connectivity index (χ0n) is 12.1. The summed E-state index contributed by atoms with van der Waals surface area (Å²) >= 11 is 0. The van der Waals surface area contributed by atoms with Crippen LogP contribution in [0.4, 0.5) is 0 Å². The Morgan fingerprint density at radius 1 is 1.48 bits per heavy atom. The molecule has 0 spiro atoms. The van der Waals surface area contributed by atoms with E-state index in [4.69, 9.17) is 20.3 Å². The van der Waals surface area contributed by atoms with Crippen LogP contribution < -0.4 is 5.73 Å². The van der Waals surface area contributed by atoms with Crippen molar-refractivity contribution in [1.29, 1.82) is 0 Å². The second kappa shape index (κ2) is 14.3. The fourth-order valence-corrected chi connectivity index (χ4v) is 1.18. The highest BCUT2D eigenvalue weighted by Gasteiger charge is 2.06. The van der Waals surface area contributed by atoms with Crippen LogP contribution in [-0.2, 0) is 20.8 Å². The molecule has 0 radical (unpaired) electrons. The summed E-state index contributed by atoms with van der Waals surface area (Å²) in [6, 6.07) is 0. The van der Waals surface area contributed by atoms with Gasteiger partial charge in [-0.3, -0.25) is 4.79 Å². The molecule has 21 heavy (non-hydrogen) atoms. The molecule has 0 aromatic carbocycles. The molecule has 1 aromatic rings. The van der Waals surface area contributed by atoms with Crippen molar-refractivity contribution in [2.75, 3.05) is 20.3 Å². The largest absolute Gasteiger partial charge is 0.464 e. The summed E-state index contributed by atoms with van der Waals surface area (Å²) in [6.07, 6.45) is 6.61. The van der Waals surface area contributed by atoms with Gasteiger partial charge in [-0.15, -0.1) is 5.10 Å². The van der Waals surface area contributed by atoms with Gasteiger partial charge in [-0.05, 0) is 16.6 Å². The zero-order valence-corrected chi connectivity index (χ0v) is 12.1. The van der Waals surface area contributed by atoms with E-state index in [1.54, 1.807) is 6.61 Å². The molecule has 0 unspecified atom stereocenters. The Morgan fingerprint density at radius 2 is 2.29 bits per heavy atom. The number of esters is 1. The van der Waals surface area contributed by atoms with E-state index in [0.717, 1.165) is 20.0 Å². The molecule has 0 amide bonds. The Kier molecular flexibility index (Phi) is 12.8. The lowest BCUT2D eigenvalue weighted by atomic mass is 10.3. The minimum atomic E-state index is -0.302. The summed E-state index contributed by atoms with van der Waals surface area (Å²) in [7, 11) is 1.00. The molecule has 0 aliphatic carbocycles. The van der Waals surface area contributed by atoms with E-state index >= 15 is 0 Å². The lowest BCUT2D eigenvalue weighted by Gasteiger charge is -2.02. The number of nitrogens with two attached hydrogens (primary N) is 1. The normalized spacial score (nSPS) is 10.0. The number of hydrogen-bond donors (Lipinski definition) is 2. The van der Waals surface area contributed by atoms with Crippen LogP contribution in [0.25, 0.3) is 0 Å². The van der Waals surface area contributed by atoms with Crippen LogP contribution in [0, 0.1) is 6.61 Å². The van der Waals surface area contributed by atoms with Gasteiger partial charge in [-0.2, -0.15) is 4.74 Å². The summed E-state index contributed by atoms with van der Waals surface area (Å²) in [5.74, 6) is -0.302. The van der Waals surface area contributed by atoms with E-state index in [9.17, 15) is 4.79 Å². The number of carbonyl (C=O) groups excluding carboxylic acids is 1. The fourth-order valence-electron chi connectivity index (χ4n) is 1.18. The maximum Gasteiger partial charge on any atom is 0.308 e. The first kappa shape index (κ1) is 18.9. The Morgan fingerprint density at radius 3 is 2.95 bits per heavy atom. The maximum absolute atomic E-state index is 11.3. The van der Waals surface area contributed by atoms with E-state index < -0.39 is 0 Å². The predicted octanol–water partition coefficient (Wildman–Crippen LogP) is -0.354. The van der Waals surface area contributed by atoms with E-state index in [-0.39, 0.29) is 19.0 Å². The van der Waals surface area contributed by atoms with Crippen molar-refractivity contribution in [3.8, 4) is 0 Å². The number of carbonyl (C=O) groups is 1. The molecule has 0 saturated heterocycles. The summed E-state index contributed by atoms with van der Waals surface area (Å²) in [6.45, 7) is 2.66. The number of tetrazole rings is 1. The van der Waals surface area contributed by atoms with Crippen LogP contribution in [0.15, 0.2) is 18.6 Å². The van der Waals surface area contributed by atoms with Crippen LogP contribution in [0.2, 0.25) is 0 Å². The molecule has 0 saturated carbocycles. The summed E-state index contributed by atoms with van der Waals surface area (Å²) < 4.78 is 11.6. The molecule has 0 aliphatic heterocycles. The Balaban J connectivity index is 0.00000191. The monoisotopic (exact) mass is 300 g/mol. The average Bonchev–Trinajstić information content (AvgIpc) is 3.02. The van der Waals surface area contributed by atoms with Crippen molar-refractivity contribution in [3.05, 3.63) is 25.2 Å². The number of aliphatic hydroxyl groups is 1. The first-order chi connectivity index (χ1) is 10.3. The molecule has 0 bridgehead atoms. The number of unbranched alkanes of at least 4 members (excludes halogenated alkanes) is 1. The molecule has 118 valence electrons. The third-order valence-corrected chi connectivity index (χ3v) is 2.10. The van der Waals surface area contributed by atoms with Gasteiger partial charge in [0.25, 0.3) is 0 Å². The second-order valence-corrected chi connectivity index (χ2v) is 3.59. The van der Waals surface area contributed by atoms with E-state index in [1.807, 2.05) is 6.08 Å². The fraction of sp³-hybridized carbons (Fsp3) is 0.583. The Hall–Kier alpha value is -2.13. The molecule has 9 nitrogen and oxygen atoms in total. The van der Waals surface area contributed by atoms with Gasteiger partial charge in [0, 0.05) is 13.5 Å². The molecule has 0 atom stereocenters. The van der Waals surface area contributed by atoms with E-state index in [2.05, 4.69) is 15.5 Å². The maximum atomic E-state index is 11.3. The first-order valence-electron chi connectivity index (χ1n) is 6.44. The first-order valence-corrected chi connectivity index (χ1v) is 6.44. The Bertz CT molecular complexity index is 370. The highest BCUT2D eigenvalue weighted by Crippen LogP contribution is 1.98. The summed E-state index contributed by atoms with van der Waals surface area (Å²) in [5.41, 5.74) is 5.18. The van der Waals surface area contributed by atoms with Crippen LogP contribution in [0.5, 0.6) is 0 Å². The molecular weight excluding hydrogens is 278 g/mol. The number of allylic oxidation sites excluding steroid dienone is 1. The smallest absolute Gasteiger partial charge is 0.308 e. The van der Waals surface area contributed by atoms with Gasteiger partial charge in [0.05, 0.1) is 13.0 Å². The number of ether oxygens (including phenoxy) is 2. The minimum Gasteiger partial charge on any atom is -0.464 e. The van der Waals surface area contributed by atoms with Crippen LogP contribution in [0.3, 0.4) is 0 Å². The molecule has 1 rings (SSSR count). The van der Waals surface area contributed by atoms with Crippen molar-refractivity contribution in [2.24, 2.45) is 5.73 Å². The number of aromatic nitrogens is 4. The molecular formula is C12H22N5O4+. The van der Waals surface area contributed by atoms with Crippen molar-refractivity contribution in [2.45, 2.75) is 25.8 Å². The van der Waals surface area contributed by atoms with Gasteiger partial charge < -0.3 is 15.6 Å². The van der Waals surface area contributed by atoms with Gasteiger partial charge in [0.1, 0.15) is 26.0 Å². The zero-order chi connectivity index (χ0) is 15.8. The Labute approximate surface area is 123 Å². The van der Waals surface area contributed by atoms with Crippen LogP contribution >= 0.6 is 0 Å². The summed E-state index contributed by atoms with van der Waals surface area (Å²) in [5, 5.41) is 17.6. The molecule has 1 heterocycles. The lowest BCUT2D eigenvalue weighted by molar-refractivity contribution is -0.144.